The summed E-state index contributed by atoms with van der Waals surface area (Å²) in [6.07, 6.45) is 0. The molecule has 3 N–H and O–H groups in total. The average Bonchev–Trinajstić information content (AvgIpc) is 2.85. The first kappa shape index (κ1) is 13.1. The molecule has 2 rings (SSSR count). The van der Waals surface area contributed by atoms with E-state index in [0.717, 1.165) is 0 Å². The third-order valence-corrected chi connectivity index (χ3v) is 2.62. The van der Waals surface area contributed by atoms with Gasteiger partial charge >= 0.3 is 0 Å². The normalized spacial score (nSPS) is 15.4. The molecule has 0 atom stereocenters. The Morgan fingerprint density at radius 3 is 2.79 bits per heavy atom. The standard InChI is InChI=1S/C13H14FN3O2/c1-8(18)11(12-15-6-7-16-12)13(19)17-10-5-3-2-4-9(10)14/h2-5,18H,6-7H2,1H3,(H,15,16)(H,17,19)/b11-8-. The van der Waals surface area contributed by atoms with Crippen molar-refractivity contribution in [3.05, 3.63) is 41.4 Å². The van der Waals surface area contributed by atoms with E-state index in [2.05, 4.69) is 15.6 Å². The number of aliphatic hydroxyl groups excluding tert-OH is 1. The largest absolute Gasteiger partial charge is 0.512 e. The molecule has 0 bridgehead atoms. The number of carbonyl (C=O) groups excluding carboxylic acids is 1. The van der Waals surface area contributed by atoms with E-state index in [4.69, 9.17) is 0 Å². The van der Waals surface area contributed by atoms with Gasteiger partial charge in [0.05, 0.1) is 12.2 Å². The van der Waals surface area contributed by atoms with E-state index in [1.54, 1.807) is 6.07 Å². The molecule has 0 aromatic heterocycles. The fraction of sp³-hybridized carbons (Fsp3) is 0.231. The lowest BCUT2D eigenvalue weighted by Crippen LogP contribution is -2.29. The summed E-state index contributed by atoms with van der Waals surface area (Å²) in [6, 6.07) is 5.83. The summed E-state index contributed by atoms with van der Waals surface area (Å²) < 4.78 is 13.5. The number of para-hydroxylation sites is 1. The molecule has 0 unspecified atom stereocenters. The van der Waals surface area contributed by atoms with Gasteiger partial charge in [0.15, 0.2) is 0 Å². The summed E-state index contributed by atoms with van der Waals surface area (Å²) in [5.41, 5.74) is 0.0885. The van der Waals surface area contributed by atoms with Crippen LogP contribution in [0.1, 0.15) is 6.92 Å². The zero-order valence-electron chi connectivity index (χ0n) is 10.4. The van der Waals surface area contributed by atoms with Gasteiger partial charge in [-0.1, -0.05) is 12.1 Å². The molecule has 1 heterocycles. The molecule has 19 heavy (non-hydrogen) atoms. The molecule has 0 saturated heterocycles. The lowest BCUT2D eigenvalue weighted by Gasteiger charge is -2.10. The number of benzene rings is 1. The molecule has 1 aliphatic rings. The predicted octanol–water partition coefficient (Wildman–Crippen LogP) is 1.60. The van der Waals surface area contributed by atoms with Gasteiger partial charge in [-0.2, -0.15) is 0 Å². The van der Waals surface area contributed by atoms with Crippen LogP contribution < -0.4 is 10.6 Å². The molecule has 5 nitrogen and oxygen atoms in total. The van der Waals surface area contributed by atoms with Gasteiger partial charge in [-0.3, -0.25) is 9.79 Å². The molecule has 0 saturated carbocycles. The quantitative estimate of drug-likeness (QED) is 0.573. The van der Waals surface area contributed by atoms with Crippen molar-refractivity contribution in [1.82, 2.24) is 5.32 Å². The number of halogens is 1. The molecule has 0 spiro atoms. The number of amidine groups is 1. The van der Waals surface area contributed by atoms with Crippen LogP contribution in [0.2, 0.25) is 0 Å². The Hall–Kier alpha value is -2.37. The number of anilines is 1. The summed E-state index contributed by atoms with van der Waals surface area (Å²) >= 11 is 0. The van der Waals surface area contributed by atoms with E-state index in [1.165, 1.54) is 25.1 Å². The van der Waals surface area contributed by atoms with Gasteiger partial charge in [-0.25, -0.2) is 4.39 Å². The number of hydrogen-bond acceptors (Lipinski definition) is 4. The van der Waals surface area contributed by atoms with Gasteiger partial charge in [0, 0.05) is 6.54 Å². The van der Waals surface area contributed by atoms with E-state index >= 15 is 0 Å². The zero-order chi connectivity index (χ0) is 13.8. The first-order valence-corrected chi connectivity index (χ1v) is 5.84. The highest BCUT2D eigenvalue weighted by Crippen LogP contribution is 2.15. The minimum absolute atomic E-state index is 0.0285. The maximum atomic E-state index is 13.5. The zero-order valence-corrected chi connectivity index (χ0v) is 10.4. The lowest BCUT2D eigenvalue weighted by molar-refractivity contribution is -0.112. The third kappa shape index (κ3) is 2.90. The SMILES string of the molecule is C/C(O)=C(/C(=O)Nc1ccccc1F)C1=NCCN1. The van der Waals surface area contributed by atoms with Crippen LogP contribution in [0.3, 0.4) is 0 Å². The van der Waals surface area contributed by atoms with Crippen LogP contribution in [-0.4, -0.2) is 29.9 Å². The van der Waals surface area contributed by atoms with Gasteiger partial charge in [0.1, 0.15) is 23.0 Å². The molecule has 100 valence electrons. The average molecular weight is 263 g/mol. The monoisotopic (exact) mass is 263 g/mol. The number of nitrogens with one attached hydrogen (secondary N) is 2. The van der Waals surface area contributed by atoms with E-state index < -0.39 is 11.7 Å². The fourth-order valence-electron chi connectivity index (χ4n) is 1.76. The molecule has 0 aliphatic carbocycles. The van der Waals surface area contributed by atoms with Crippen LogP contribution in [0.25, 0.3) is 0 Å². The molecular weight excluding hydrogens is 249 g/mol. The number of aliphatic imine (C=N–C) groups is 1. The Morgan fingerprint density at radius 2 is 2.21 bits per heavy atom. The minimum atomic E-state index is -0.599. The van der Waals surface area contributed by atoms with Crippen molar-refractivity contribution in [2.75, 3.05) is 18.4 Å². The van der Waals surface area contributed by atoms with Crippen molar-refractivity contribution in [3.63, 3.8) is 0 Å². The van der Waals surface area contributed by atoms with Crippen LogP contribution >= 0.6 is 0 Å². The summed E-state index contributed by atoms with van der Waals surface area (Å²) in [5.74, 6) is -0.971. The van der Waals surface area contributed by atoms with Gasteiger partial charge in [-0.15, -0.1) is 0 Å². The van der Waals surface area contributed by atoms with E-state index in [-0.39, 0.29) is 17.0 Å². The lowest BCUT2D eigenvalue weighted by atomic mass is 10.2. The number of nitrogens with zero attached hydrogens (tertiary/aromatic N) is 1. The van der Waals surface area contributed by atoms with Crippen molar-refractivity contribution in [3.8, 4) is 0 Å². The van der Waals surface area contributed by atoms with Crippen molar-refractivity contribution in [2.45, 2.75) is 6.92 Å². The van der Waals surface area contributed by atoms with Crippen LogP contribution in [0, 0.1) is 5.82 Å². The van der Waals surface area contributed by atoms with Gasteiger partial charge < -0.3 is 15.7 Å². The molecule has 0 fully saturated rings. The Balaban J connectivity index is 2.23. The van der Waals surface area contributed by atoms with Gasteiger partial charge in [0.2, 0.25) is 0 Å². The summed E-state index contributed by atoms with van der Waals surface area (Å²) in [7, 11) is 0. The van der Waals surface area contributed by atoms with Crippen LogP contribution in [0.5, 0.6) is 0 Å². The molecule has 0 radical (unpaired) electrons. The summed E-state index contributed by atoms with van der Waals surface area (Å²) in [5, 5.41) is 14.9. The Labute approximate surface area is 109 Å². The second-order valence-electron chi connectivity index (χ2n) is 4.05. The highest BCUT2D eigenvalue weighted by Gasteiger charge is 2.22. The highest BCUT2D eigenvalue weighted by molar-refractivity contribution is 6.25. The Kier molecular flexibility index (Phi) is 3.79. The number of allylic oxidation sites excluding steroid dienone is 1. The third-order valence-electron chi connectivity index (χ3n) is 2.62. The van der Waals surface area contributed by atoms with Crippen LogP contribution in [-0.2, 0) is 4.79 Å². The van der Waals surface area contributed by atoms with Gasteiger partial charge in [-0.05, 0) is 19.1 Å². The number of carbonyl (C=O) groups is 1. The number of rotatable bonds is 3. The number of amides is 1. The molecule has 1 aliphatic heterocycles. The summed E-state index contributed by atoms with van der Waals surface area (Å²) in [6.45, 7) is 2.54. The second-order valence-corrected chi connectivity index (χ2v) is 4.05. The van der Waals surface area contributed by atoms with E-state index in [1.807, 2.05) is 0 Å². The Bertz CT molecular complexity index is 563. The highest BCUT2D eigenvalue weighted by atomic mass is 19.1. The van der Waals surface area contributed by atoms with Crippen molar-refractivity contribution in [2.24, 2.45) is 4.99 Å². The molecule has 1 aromatic carbocycles. The van der Waals surface area contributed by atoms with E-state index in [0.29, 0.717) is 18.9 Å². The maximum absolute atomic E-state index is 13.5. The second kappa shape index (κ2) is 5.51. The molecular formula is C13H14FN3O2. The first-order chi connectivity index (χ1) is 9.09. The Morgan fingerprint density at radius 1 is 1.47 bits per heavy atom. The van der Waals surface area contributed by atoms with Gasteiger partial charge in [0.25, 0.3) is 5.91 Å². The predicted molar refractivity (Wildman–Crippen MR) is 70.7 cm³/mol. The topological polar surface area (TPSA) is 73.7 Å². The van der Waals surface area contributed by atoms with Crippen molar-refractivity contribution >= 4 is 17.4 Å². The maximum Gasteiger partial charge on any atom is 0.262 e. The smallest absolute Gasteiger partial charge is 0.262 e. The summed E-state index contributed by atoms with van der Waals surface area (Å²) in [4.78, 5) is 16.2. The minimum Gasteiger partial charge on any atom is -0.512 e. The molecule has 1 aromatic rings. The van der Waals surface area contributed by atoms with Crippen LogP contribution in [0.15, 0.2) is 40.6 Å². The molecule has 6 heteroatoms. The molecule has 1 amide bonds. The van der Waals surface area contributed by atoms with Crippen LogP contribution in [0.4, 0.5) is 10.1 Å². The number of aliphatic hydroxyl groups is 1. The number of hydrogen-bond donors (Lipinski definition) is 3. The first-order valence-electron chi connectivity index (χ1n) is 5.84. The van der Waals surface area contributed by atoms with Crippen molar-refractivity contribution in [1.29, 1.82) is 0 Å². The fourth-order valence-corrected chi connectivity index (χ4v) is 1.76. The van der Waals surface area contributed by atoms with E-state index in [9.17, 15) is 14.3 Å². The van der Waals surface area contributed by atoms with Crippen molar-refractivity contribution < 1.29 is 14.3 Å².